The van der Waals surface area contributed by atoms with Crippen molar-refractivity contribution in [1.82, 2.24) is 14.9 Å². The number of H-pyrrole nitrogens is 1. The van der Waals surface area contributed by atoms with Crippen LogP contribution in [0.3, 0.4) is 0 Å². The summed E-state index contributed by atoms with van der Waals surface area (Å²) in [6, 6.07) is 5.68. The summed E-state index contributed by atoms with van der Waals surface area (Å²) in [5, 5.41) is 12.5. The highest BCUT2D eigenvalue weighted by Crippen LogP contribution is 2.36. The maximum absolute atomic E-state index is 9.97. The number of hydrogen-bond acceptors (Lipinski definition) is 4. The molecule has 5 nitrogen and oxygen atoms in total. The Labute approximate surface area is 139 Å². The van der Waals surface area contributed by atoms with Crippen molar-refractivity contribution in [2.45, 2.75) is 13.0 Å². The molecule has 0 amide bonds. The summed E-state index contributed by atoms with van der Waals surface area (Å²) >= 11 is 6.37. The van der Waals surface area contributed by atoms with Crippen molar-refractivity contribution in [2.24, 2.45) is 0 Å². The van der Waals surface area contributed by atoms with E-state index in [1.807, 2.05) is 44.2 Å². The van der Waals surface area contributed by atoms with Crippen LogP contribution in [0.5, 0.6) is 5.75 Å². The number of aryl methyl sites for hydroxylation is 1. The summed E-state index contributed by atoms with van der Waals surface area (Å²) in [5.41, 5.74) is 2.65. The molecular formula is C17H20ClN3O2. The SMILES string of the molecule is Cc1cnc2[nH]c3c(OC[C@@H](O)CN(C)C)ccc(Cl)c3c2c1. The van der Waals surface area contributed by atoms with Crippen molar-refractivity contribution in [1.29, 1.82) is 0 Å². The van der Waals surface area contributed by atoms with Crippen LogP contribution in [0, 0.1) is 6.92 Å². The fourth-order valence-corrected chi connectivity index (χ4v) is 2.96. The van der Waals surface area contributed by atoms with Gasteiger partial charge in [-0.1, -0.05) is 11.6 Å². The minimum absolute atomic E-state index is 0.219. The molecule has 0 aliphatic heterocycles. The normalized spacial score (nSPS) is 13.1. The molecule has 0 fully saturated rings. The number of likely N-dealkylation sites (N-methyl/N-ethyl adjacent to an activating group) is 1. The second-order valence-corrected chi connectivity index (χ2v) is 6.46. The van der Waals surface area contributed by atoms with E-state index in [1.165, 1.54) is 0 Å². The fraction of sp³-hybridized carbons (Fsp3) is 0.353. The summed E-state index contributed by atoms with van der Waals surface area (Å²) in [4.78, 5) is 9.59. The van der Waals surface area contributed by atoms with Gasteiger partial charge in [-0.25, -0.2) is 4.98 Å². The zero-order chi connectivity index (χ0) is 16.6. The number of pyridine rings is 1. The Morgan fingerprint density at radius 3 is 2.91 bits per heavy atom. The second-order valence-electron chi connectivity index (χ2n) is 6.06. The van der Waals surface area contributed by atoms with Crippen LogP contribution in [0.25, 0.3) is 21.9 Å². The number of benzene rings is 1. The Morgan fingerprint density at radius 1 is 1.39 bits per heavy atom. The number of ether oxygens (including phenoxy) is 1. The average Bonchev–Trinajstić information content (AvgIpc) is 2.85. The molecule has 0 aliphatic carbocycles. The highest BCUT2D eigenvalue weighted by molar-refractivity contribution is 6.38. The van der Waals surface area contributed by atoms with Crippen LogP contribution in [0.2, 0.25) is 5.02 Å². The number of rotatable bonds is 5. The van der Waals surface area contributed by atoms with Gasteiger partial charge in [0, 0.05) is 23.5 Å². The quantitative estimate of drug-likeness (QED) is 0.753. The molecule has 2 heterocycles. The zero-order valence-corrected chi connectivity index (χ0v) is 14.2. The van der Waals surface area contributed by atoms with Crippen LogP contribution in [0.15, 0.2) is 24.4 Å². The van der Waals surface area contributed by atoms with Crippen molar-refractivity contribution in [3.63, 3.8) is 0 Å². The molecule has 0 aliphatic rings. The van der Waals surface area contributed by atoms with Crippen LogP contribution in [0.4, 0.5) is 0 Å². The van der Waals surface area contributed by atoms with E-state index in [-0.39, 0.29) is 6.61 Å². The molecule has 1 aromatic carbocycles. The van der Waals surface area contributed by atoms with E-state index in [0.29, 0.717) is 17.3 Å². The van der Waals surface area contributed by atoms with Crippen LogP contribution in [-0.4, -0.2) is 53.3 Å². The summed E-state index contributed by atoms with van der Waals surface area (Å²) in [7, 11) is 3.82. The van der Waals surface area contributed by atoms with E-state index >= 15 is 0 Å². The average molecular weight is 334 g/mol. The van der Waals surface area contributed by atoms with Crippen LogP contribution in [-0.2, 0) is 0 Å². The first-order valence-corrected chi connectivity index (χ1v) is 7.85. The lowest BCUT2D eigenvalue weighted by molar-refractivity contribution is 0.0837. The van der Waals surface area contributed by atoms with Gasteiger partial charge in [0.25, 0.3) is 0 Å². The molecule has 122 valence electrons. The second kappa shape index (κ2) is 6.35. The third kappa shape index (κ3) is 3.27. The van der Waals surface area contributed by atoms with Crippen LogP contribution < -0.4 is 4.74 Å². The maximum Gasteiger partial charge on any atom is 0.143 e. The monoisotopic (exact) mass is 333 g/mol. The van der Waals surface area contributed by atoms with E-state index in [0.717, 1.165) is 27.5 Å². The maximum atomic E-state index is 9.97. The van der Waals surface area contributed by atoms with E-state index < -0.39 is 6.10 Å². The predicted octanol–water partition coefficient (Wildman–Crippen LogP) is 2.98. The molecule has 0 spiro atoms. The van der Waals surface area contributed by atoms with Crippen molar-refractivity contribution in [2.75, 3.05) is 27.2 Å². The topological polar surface area (TPSA) is 61.4 Å². The third-order valence-electron chi connectivity index (χ3n) is 3.66. The molecule has 3 aromatic rings. The molecule has 0 unspecified atom stereocenters. The zero-order valence-electron chi connectivity index (χ0n) is 13.4. The predicted molar refractivity (Wildman–Crippen MR) is 93.4 cm³/mol. The van der Waals surface area contributed by atoms with Crippen molar-refractivity contribution in [3.8, 4) is 5.75 Å². The minimum Gasteiger partial charge on any atom is -0.489 e. The Kier molecular flexibility index (Phi) is 4.43. The van der Waals surface area contributed by atoms with Gasteiger partial charge in [-0.2, -0.15) is 0 Å². The first-order chi connectivity index (χ1) is 11.0. The largest absolute Gasteiger partial charge is 0.489 e. The number of nitrogens with zero attached hydrogens (tertiary/aromatic N) is 2. The first kappa shape index (κ1) is 16.1. The number of hydrogen-bond donors (Lipinski definition) is 2. The number of aromatic amines is 1. The van der Waals surface area contributed by atoms with E-state index in [4.69, 9.17) is 16.3 Å². The molecule has 6 heteroatoms. The standard InChI is InChI=1S/C17H20ClN3O2/c1-10-6-12-15-13(18)4-5-14(16(15)20-17(12)19-7-10)23-9-11(22)8-21(2)3/h4-7,11,22H,8-9H2,1-3H3,(H,19,20)/t11-/m0/s1. The summed E-state index contributed by atoms with van der Waals surface area (Å²) < 4.78 is 5.80. The molecular weight excluding hydrogens is 314 g/mol. The number of aromatic nitrogens is 2. The van der Waals surface area contributed by atoms with Gasteiger partial charge in [-0.3, -0.25) is 0 Å². The van der Waals surface area contributed by atoms with E-state index in [1.54, 1.807) is 0 Å². The number of nitrogens with one attached hydrogen (secondary N) is 1. The van der Waals surface area contributed by atoms with Crippen LogP contribution in [0.1, 0.15) is 5.56 Å². The van der Waals surface area contributed by atoms with E-state index in [9.17, 15) is 5.11 Å². The number of aliphatic hydroxyl groups excluding tert-OH is 1. The highest BCUT2D eigenvalue weighted by atomic mass is 35.5. The minimum atomic E-state index is -0.555. The van der Waals surface area contributed by atoms with Crippen molar-refractivity contribution < 1.29 is 9.84 Å². The Morgan fingerprint density at radius 2 is 2.17 bits per heavy atom. The van der Waals surface area contributed by atoms with Gasteiger partial charge in [-0.15, -0.1) is 0 Å². The van der Waals surface area contributed by atoms with Gasteiger partial charge < -0.3 is 19.7 Å². The Bertz CT molecular complexity index is 845. The van der Waals surface area contributed by atoms with Crippen molar-refractivity contribution in [3.05, 3.63) is 35.0 Å². The van der Waals surface area contributed by atoms with Gasteiger partial charge in [0.2, 0.25) is 0 Å². The lowest BCUT2D eigenvalue weighted by Gasteiger charge is -2.16. The Balaban J connectivity index is 1.98. The Hall–Kier alpha value is -1.82. The van der Waals surface area contributed by atoms with Gasteiger partial charge in [0.05, 0.1) is 10.5 Å². The fourth-order valence-electron chi connectivity index (χ4n) is 2.70. The first-order valence-electron chi connectivity index (χ1n) is 7.48. The third-order valence-corrected chi connectivity index (χ3v) is 3.98. The molecule has 23 heavy (non-hydrogen) atoms. The molecule has 0 radical (unpaired) electrons. The lowest BCUT2D eigenvalue weighted by Crippen LogP contribution is -2.30. The molecule has 2 N–H and O–H groups in total. The lowest BCUT2D eigenvalue weighted by atomic mass is 10.1. The van der Waals surface area contributed by atoms with Gasteiger partial charge in [0.15, 0.2) is 0 Å². The molecule has 0 saturated heterocycles. The van der Waals surface area contributed by atoms with Gasteiger partial charge >= 0.3 is 0 Å². The van der Waals surface area contributed by atoms with E-state index in [2.05, 4.69) is 16.0 Å². The molecule has 2 aromatic heterocycles. The summed E-state index contributed by atoms with van der Waals surface area (Å²) in [6.07, 6.45) is 1.26. The summed E-state index contributed by atoms with van der Waals surface area (Å²) in [6.45, 7) is 2.76. The molecule has 3 rings (SSSR count). The number of aliphatic hydroxyl groups is 1. The smallest absolute Gasteiger partial charge is 0.143 e. The highest BCUT2D eigenvalue weighted by Gasteiger charge is 2.15. The number of halogens is 1. The molecule has 0 saturated carbocycles. The van der Waals surface area contributed by atoms with Gasteiger partial charge in [0.1, 0.15) is 24.1 Å². The summed E-state index contributed by atoms with van der Waals surface area (Å²) in [5.74, 6) is 0.665. The van der Waals surface area contributed by atoms with Crippen molar-refractivity contribution >= 4 is 33.5 Å². The number of fused-ring (bicyclic) bond motifs is 3. The van der Waals surface area contributed by atoms with Gasteiger partial charge in [-0.05, 0) is 44.8 Å². The molecule has 1 atom stereocenters. The van der Waals surface area contributed by atoms with Crippen LogP contribution >= 0.6 is 11.6 Å². The molecule has 0 bridgehead atoms.